The molecule has 128 valence electrons. The van der Waals surface area contributed by atoms with E-state index in [1.165, 1.54) is 23.5 Å². The van der Waals surface area contributed by atoms with Crippen molar-refractivity contribution < 1.29 is 10.6 Å². The highest BCUT2D eigenvalue weighted by Gasteiger charge is 2.32. The first-order chi connectivity index (χ1) is 12.5. The summed E-state index contributed by atoms with van der Waals surface area (Å²) < 4.78 is 22.8. The van der Waals surface area contributed by atoms with Gasteiger partial charge >= 0.3 is 0 Å². The minimum atomic E-state index is -0.653. The van der Waals surface area contributed by atoms with Gasteiger partial charge in [0.25, 0.3) is 5.91 Å². The van der Waals surface area contributed by atoms with Gasteiger partial charge in [0.1, 0.15) is 11.0 Å². The van der Waals surface area contributed by atoms with E-state index in [1.54, 1.807) is 10.3 Å². The van der Waals surface area contributed by atoms with E-state index in [1.807, 2.05) is 11.5 Å². The number of rotatable bonds is 2. The number of fused-ring (bicyclic) bond motifs is 1. The van der Waals surface area contributed by atoms with Crippen molar-refractivity contribution in [1.82, 2.24) is 24.6 Å². The summed E-state index contributed by atoms with van der Waals surface area (Å²) in [7, 11) is 0. The number of benzene rings is 1. The first kappa shape index (κ1) is 15.0. The second-order valence-corrected chi connectivity index (χ2v) is 6.85. The van der Waals surface area contributed by atoms with Crippen LogP contribution in [0.2, 0.25) is 5.15 Å². The maximum atomic E-state index is 13.3. The summed E-state index contributed by atoms with van der Waals surface area (Å²) in [6.45, 7) is 2.82. The average Bonchev–Trinajstić information content (AvgIpc) is 3.23. The van der Waals surface area contributed by atoms with E-state index in [0.717, 1.165) is 6.07 Å². The maximum Gasteiger partial charge on any atom is 0.254 e. The fourth-order valence-electron chi connectivity index (χ4n) is 2.88. The highest BCUT2D eigenvalue weighted by Crippen LogP contribution is 2.31. The van der Waals surface area contributed by atoms with Crippen LogP contribution in [0.15, 0.2) is 29.6 Å². The molecular formula is C16H13ClFN5OS. The standard InChI is InChI=1S/C16H13ClFN5OS/c1-9-13-20-21-14(15-19-12(17)8-25-15)23(13)7-6-22(9)16(24)10-2-4-11(18)5-3-10/h2-5,8-9H,6-7H2,1H3/t9-/m1/s1/i4D. The molecule has 0 saturated carbocycles. The molecule has 0 aliphatic carbocycles. The van der Waals surface area contributed by atoms with Crippen LogP contribution < -0.4 is 0 Å². The largest absolute Gasteiger partial charge is 0.327 e. The lowest BCUT2D eigenvalue weighted by molar-refractivity contribution is 0.0638. The third-order valence-electron chi connectivity index (χ3n) is 4.14. The zero-order valence-electron chi connectivity index (χ0n) is 14.1. The topological polar surface area (TPSA) is 63.9 Å². The highest BCUT2D eigenvalue weighted by atomic mass is 35.5. The lowest BCUT2D eigenvalue weighted by Gasteiger charge is -2.33. The van der Waals surface area contributed by atoms with E-state index in [-0.39, 0.29) is 23.6 Å². The van der Waals surface area contributed by atoms with Crippen LogP contribution in [0.3, 0.4) is 0 Å². The van der Waals surface area contributed by atoms with E-state index < -0.39 is 5.82 Å². The molecule has 6 nitrogen and oxygen atoms in total. The first-order valence-corrected chi connectivity index (χ1v) is 8.83. The Morgan fingerprint density at radius 1 is 1.40 bits per heavy atom. The third kappa shape index (κ3) is 2.81. The molecule has 0 radical (unpaired) electrons. The Kier molecular flexibility index (Phi) is 3.71. The number of nitrogens with zero attached hydrogens (tertiary/aromatic N) is 5. The monoisotopic (exact) mass is 378 g/mol. The molecule has 1 atom stereocenters. The summed E-state index contributed by atoms with van der Waals surface area (Å²) in [5.41, 5.74) is 0.281. The number of carbonyl (C=O) groups excluding carboxylic acids is 1. The van der Waals surface area contributed by atoms with Crippen LogP contribution in [0.4, 0.5) is 4.39 Å². The van der Waals surface area contributed by atoms with Crippen molar-refractivity contribution >= 4 is 28.8 Å². The van der Waals surface area contributed by atoms with Crippen LogP contribution in [0, 0.1) is 5.82 Å². The van der Waals surface area contributed by atoms with Crippen LogP contribution in [0.1, 0.15) is 30.5 Å². The van der Waals surface area contributed by atoms with Gasteiger partial charge in [0.2, 0.25) is 0 Å². The van der Waals surface area contributed by atoms with E-state index in [2.05, 4.69) is 15.2 Å². The molecule has 3 heterocycles. The van der Waals surface area contributed by atoms with Gasteiger partial charge in [0, 0.05) is 24.0 Å². The summed E-state index contributed by atoms with van der Waals surface area (Å²) in [6, 6.07) is 3.16. The zero-order valence-corrected chi connectivity index (χ0v) is 14.7. The van der Waals surface area contributed by atoms with Crippen molar-refractivity contribution in [2.75, 3.05) is 6.54 Å². The number of thiazole rings is 1. The van der Waals surface area contributed by atoms with Gasteiger partial charge in [-0.05, 0) is 31.2 Å². The molecule has 0 spiro atoms. The molecule has 2 aromatic heterocycles. The molecule has 9 heteroatoms. The summed E-state index contributed by atoms with van der Waals surface area (Å²) in [6.07, 6.45) is 0. The Morgan fingerprint density at radius 3 is 2.96 bits per heavy atom. The van der Waals surface area contributed by atoms with Crippen molar-refractivity contribution in [3.05, 3.63) is 52.0 Å². The fraction of sp³-hybridized carbons (Fsp3) is 0.250. The fourth-order valence-corrected chi connectivity index (χ4v) is 3.82. The molecule has 1 amide bonds. The zero-order chi connectivity index (χ0) is 18.4. The molecule has 4 rings (SSSR count). The molecule has 0 unspecified atom stereocenters. The van der Waals surface area contributed by atoms with E-state index in [0.29, 0.717) is 34.9 Å². The molecule has 0 N–H and O–H groups in total. The van der Waals surface area contributed by atoms with Crippen LogP contribution >= 0.6 is 22.9 Å². The Balaban J connectivity index is 1.64. The van der Waals surface area contributed by atoms with Gasteiger partial charge in [-0.25, -0.2) is 9.37 Å². The molecule has 0 fully saturated rings. The van der Waals surface area contributed by atoms with Gasteiger partial charge in [0.15, 0.2) is 16.7 Å². The molecule has 1 aliphatic rings. The molecule has 1 aliphatic heterocycles. The van der Waals surface area contributed by atoms with Crippen molar-refractivity contribution in [1.29, 1.82) is 0 Å². The Hall–Kier alpha value is -2.32. The number of halogens is 2. The van der Waals surface area contributed by atoms with Crippen LogP contribution in [-0.2, 0) is 6.54 Å². The molecular weight excluding hydrogens is 365 g/mol. The van der Waals surface area contributed by atoms with E-state index >= 15 is 0 Å². The lowest BCUT2D eigenvalue weighted by atomic mass is 10.1. The predicted octanol–water partition coefficient (Wildman–Crippen LogP) is 3.41. The molecule has 25 heavy (non-hydrogen) atoms. The van der Waals surface area contributed by atoms with Gasteiger partial charge in [-0.1, -0.05) is 11.6 Å². The highest BCUT2D eigenvalue weighted by molar-refractivity contribution is 7.13. The lowest BCUT2D eigenvalue weighted by Crippen LogP contribution is -2.41. The van der Waals surface area contributed by atoms with E-state index in [9.17, 15) is 9.18 Å². The Bertz CT molecular complexity index is 1010. The quantitative estimate of drug-likeness (QED) is 0.685. The van der Waals surface area contributed by atoms with Crippen molar-refractivity contribution in [3.63, 3.8) is 0 Å². The summed E-state index contributed by atoms with van der Waals surface area (Å²) in [4.78, 5) is 18.7. The van der Waals surface area contributed by atoms with Crippen LogP contribution in [-0.4, -0.2) is 37.1 Å². The minimum absolute atomic E-state index is 0.265. The smallest absolute Gasteiger partial charge is 0.254 e. The number of hydrogen-bond donors (Lipinski definition) is 0. The second-order valence-electron chi connectivity index (χ2n) is 5.61. The molecule has 0 bridgehead atoms. The SMILES string of the molecule is [2H]c1cc(C(=O)N2CCn3c(-c4nc(Cl)cs4)nnc3[C@H]2C)ccc1F. The van der Waals surface area contributed by atoms with Crippen molar-refractivity contribution in [3.8, 4) is 10.8 Å². The molecule has 3 aromatic rings. The van der Waals surface area contributed by atoms with Gasteiger partial charge in [0.05, 0.1) is 7.41 Å². The van der Waals surface area contributed by atoms with Crippen molar-refractivity contribution in [2.45, 2.75) is 19.5 Å². The van der Waals surface area contributed by atoms with Gasteiger partial charge < -0.3 is 9.47 Å². The van der Waals surface area contributed by atoms with Crippen LogP contribution in [0.25, 0.3) is 10.8 Å². The first-order valence-electron chi connectivity index (χ1n) is 8.07. The van der Waals surface area contributed by atoms with Crippen molar-refractivity contribution in [2.24, 2.45) is 0 Å². The second kappa shape index (κ2) is 6.20. The van der Waals surface area contributed by atoms with E-state index in [4.69, 9.17) is 13.0 Å². The Morgan fingerprint density at radius 2 is 2.24 bits per heavy atom. The molecule has 0 saturated heterocycles. The van der Waals surface area contributed by atoms with Crippen LogP contribution in [0.5, 0.6) is 0 Å². The third-order valence-corrected chi connectivity index (χ3v) is 5.30. The predicted molar refractivity (Wildman–Crippen MR) is 92.0 cm³/mol. The summed E-state index contributed by atoms with van der Waals surface area (Å²) in [5, 5.41) is 11.3. The summed E-state index contributed by atoms with van der Waals surface area (Å²) >= 11 is 7.28. The Labute approximate surface area is 153 Å². The number of aromatic nitrogens is 4. The molecule has 1 aromatic carbocycles. The van der Waals surface area contributed by atoms with Gasteiger partial charge in [-0.15, -0.1) is 21.5 Å². The summed E-state index contributed by atoms with van der Waals surface area (Å²) in [5.74, 6) is 0.365. The maximum absolute atomic E-state index is 13.3. The average molecular weight is 379 g/mol. The van der Waals surface area contributed by atoms with Gasteiger partial charge in [-0.3, -0.25) is 4.79 Å². The number of hydrogen-bond acceptors (Lipinski definition) is 5. The van der Waals surface area contributed by atoms with Gasteiger partial charge in [-0.2, -0.15) is 0 Å². The number of carbonyl (C=O) groups is 1. The normalized spacial score (nSPS) is 17.3. The minimum Gasteiger partial charge on any atom is -0.327 e. The number of amides is 1.